The zero-order chi connectivity index (χ0) is 13.5. The van der Waals surface area contributed by atoms with Crippen LogP contribution in [0.25, 0.3) is 10.9 Å². The molecule has 0 unspecified atom stereocenters. The van der Waals surface area contributed by atoms with Crippen LogP contribution in [-0.4, -0.2) is 16.5 Å². The van der Waals surface area contributed by atoms with Gasteiger partial charge in [0.05, 0.1) is 5.52 Å². The van der Waals surface area contributed by atoms with E-state index < -0.39 is 0 Å². The third-order valence-corrected chi connectivity index (χ3v) is 4.73. The van der Waals surface area contributed by atoms with E-state index in [4.69, 9.17) is 5.73 Å². The molecule has 4 nitrogen and oxygen atoms in total. The number of rotatable bonds is 1. The molecule has 0 fully saturated rings. The lowest BCUT2D eigenvalue weighted by Crippen LogP contribution is -2.30. The standard InChI is InChI=1S/C15H14N4S/c16-15-17-12-4-2-1-3-11(12)14(18-15)19-7-5-13-10(9-19)6-8-20-13/h1-4,6,8H,5,7,9H2,(H2,16,17,18). The molecule has 0 radical (unpaired) electrons. The van der Waals surface area contributed by atoms with Crippen LogP contribution in [-0.2, 0) is 13.0 Å². The van der Waals surface area contributed by atoms with Crippen LogP contribution in [0.1, 0.15) is 10.4 Å². The third kappa shape index (κ3) is 1.82. The minimum atomic E-state index is 0.342. The highest BCUT2D eigenvalue weighted by atomic mass is 32.1. The largest absolute Gasteiger partial charge is 0.368 e. The van der Waals surface area contributed by atoms with Gasteiger partial charge in [-0.3, -0.25) is 0 Å². The Morgan fingerprint density at radius 2 is 2.05 bits per heavy atom. The normalized spacial score (nSPS) is 14.5. The molecule has 0 saturated heterocycles. The zero-order valence-corrected chi connectivity index (χ0v) is 11.7. The summed E-state index contributed by atoms with van der Waals surface area (Å²) in [6.45, 7) is 1.88. The topological polar surface area (TPSA) is 55.0 Å². The van der Waals surface area contributed by atoms with Gasteiger partial charge in [0.2, 0.25) is 5.95 Å². The third-order valence-electron chi connectivity index (χ3n) is 3.71. The van der Waals surface area contributed by atoms with Crippen LogP contribution in [0.15, 0.2) is 35.7 Å². The Hall–Kier alpha value is -2.14. The first kappa shape index (κ1) is 11.7. The van der Waals surface area contributed by atoms with Crippen LogP contribution in [0.3, 0.4) is 0 Å². The molecule has 20 heavy (non-hydrogen) atoms. The highest BCUT2D eigenvalue weighted by Crippen LogP contribution is 2.30. The first-order valence-corrected chi connectivity index (χ1v) is 7.52. The second-order valence-corrected chi connectivity index (χ2v) is 5.96. The second kappa shape index (κ2) is 4.45. The van der Waals surface area contributed by atoms with Crippen molar-refractivity contribution in [1.29, 1.82) is 0 Å². The molecule has 0 saturated carbocycles. The maximum Gasteiger partial charge on any atom is 0.222 e. The summed E-state index contributed by atoms with van der Waals surface area (Å²) >= 11 is 1.85. The van der Waals surface area contributed by atoms with Crippen molar-refractivity contribution in [3.63, 3.8) is 0 Å². The Morgan fingerprint density at radius 1 is 1.15 bits per heavy atom. The Labute approximate surface area is 120 Å². The fraction of sp³-hybridized carbons (Fsp3) is 0.200. The van der Waals surface area contributed by atoms with Crippen molar-refractivity contribution in [1.82, 2.24) is 9.97 Å². The molecule has 0 atom stereocenters. The van der Waals surface area contributed by atoms with Gasteiger partial charge in [-0.2, -0.15) is 4.98 Å². The predicted octanol–water partition coefficient (Wildman–Crippen LogP) is 2.84. The summed E-state index contributed by atoms with van der Waals surface area (Å²) in [5.41, 5.74) is 8.17. The maximum absolute atomic E-state index is 5.86. The Kier molecular flexibility index (Phi) is 2.60. The van der Waals surface area contributed by atoms with Crippen LogP contribution in [0.5, 0.6) is 0 Å². The number of thiophene rings is 1. The smallest absolute Gasteiger partial charge is 0.222 e. The quantitative estimate of drug-likeness (QED) is 0.745. The van der Waals surface area contributed by atoms with Gasteiger partial charge in [-0.05, 0) is 35.6 Å². The highest BCUT2D eigenvalue weighted by molar-refractivity contribution is 7.10. The van der Waals surface area contributed by atoms with Gasteiger partial charge in [-0.1, -0.05) is 12.1 Å². The number of hydrogen-bond donors (Lipinski definition) is 1. The van der Waals surface area contributed by atoms with E-state index in [9.17, 15) is 0 Å². The van der Waals surface area contributed by atoms with Gasteiger partial charge in [0.1, 0.15) is 5.82 Å². The van der Waals surface area contributed by atoms with Crippen LogP contribution in [0.2, 0.25) is 0 Å². The van der Waals surface area contributed by atoms with Gasteiger partial charge in [0.15, 0.2) is 0 Å². The Balaban J connectivity index is 1.83. The second-order valence-electron chi connectivity index (χ2n) is 4.96. The van der Waals surface area contributed by atoms with Crippen LogP contribution < -0.4 is 10.6 Å². The summed E-state index contributed by atoms with van der Waals surface area (Å²) in [5, 5.41) is 3.24. The van der Waals surface area contributed by atoms with E-state index >= 15 is 0 Å². The number of anilines is 2. The molecule has 5 heteroatoms. The molecule has 0 aliphatic carbocycles. The van der Waals surface area contributed by atoms with Gasteiger partial charge in [-0.25, -0.2) is 4.98 Å². The van der Waals surface area contributed by atoms with Crippen LogP contribution >= 0.6 is 11.3 Å². The minimum Gasteiger partial charge on any atom is -0.368 e. The summed E-state index contributed by atoms with van der Waals surface area (Å²) < 4.78 is 0. The SMILES string of the molecule is Nc1nc(N2CCc3sccc3C2)c2ccccc2n1. The highest BCUT2D eigenvalue weighted by Gasteiger charge is 2.20. The van der Waals surface area contributed by atoms with E-state index in [0.29, 0.717) is 5.95 Å². The molecule has 1 aliphatic rings. The molecule has 100 valence electrons. The summed E-state index contributed by atoms with van der Waals surface area (Å²) in [7, 11) is 0. The Bertz CT molecular complexity index is 780. The first-order chi connectivity index (χ1) is 9.81. The minimum absolute atomic E-state index is 0.342. The van der Waals surface area contributed by atoms with Crippen molar-refractivity contribution < 1.29 is 0 Å². The number of benzene rings is 1. The number of hydrogen-bond acceptors (Lipinski definition) is 5. The number of nitrogen functional groups attached to an aromatic ring is 1. The molecule has 2 N–H and O–H groups in total. The van der Waals surface area contributed by atoms with Crippen molar-refractivity contribution >= 4 is 34.0 Å². The van der Waals surface area contributed by atoms with E-state index in [1.54, 1.807) is 0 Å². The lowest BCUT2D eigenvalue weighted by molar-refractivity contribution is 0.735. The number of fused-ring (bicyclic) bond motifs is 2. The van der Waals surface area contributed by atoms with E-state index in [-0.39, 0.29) is 0 Å². The summed E-state index contributed by atoms with van der Waals surface area (Å²) in [5.74, 6) is 1.29. The first-order valence-electron chi connectivity index (χ1n) is 6.64. The molecule has 0 amide bonds. The number of nitrogens with two attached hydrogens (primary N) is 1. The average Bonchev–Trinajstić information content (AvgIpc) is 2.93. The van der Waals surface area contributed by atoms with E-state index in [2.05, 4.69) is 32.4 Å². The van der Waals surface area contributed by atoms with Crippen LogP contribution in [0, 0.1) is 0 Å². The molecule has 0 bridgehead atoms. The van der Waals surface area contributed by atoms with Crippen molar-refractivity contribution in [3.8, 4) is 0 Å². The predicted molar refractivity (Wildman–Crippen MR) is 83.0 cm³/mol. The van der Waals surface area contributed by atoms with Crippen molar-refractivity contribution in [2.75, 3.05) is 17.2 Å². The summed E-state index contributed by atoms with van der Waals surface area (Å²) in [6, 6.07) is 10.3. The molecular weight excluding hydrogens is 268 g/mol. The van der Waals surface area contributed by atoms with Gasteiger partial charge in [0, 0.05) is 23.4 Å². The van der Waals surface area contributed by atoms with Gasteiger partial charge >= 0.3 is 0 Å². The molecule has 0 spiro atoms. The lowest BCUT2D eigenvalue weighted by Gasteiger charge is -2.28. The number of aromatic nitrogens is 2. The van der Waals surface area contributed by atoms with E-state index in [0.717, 1.165) is 36.2 Å². The number of para-hydroxylation sites is 1. The zero-order valence-electron chi connectivity index (χ0n) is 10.9. The fourth-order valence-electron chi connectivity index (χ4n) is 2.75. The van der Waals surface area contributed by atoms with Gasteiger partial charge in [0.25, 0.3) is 0 Å². The van der Waals surface area contributed by atoms with Gasteiger partial charge in [-0.15, -0.1) is 11.3 Å². The van der Waals surface area contributed by atoms with Crippen LogP contribution in [0.4, 0.5) is 11.8 Å². The van der Waals surface area contributed by atoms with E-state index in [1.807, 2.05) is 29.5 Å². The van der Waals surface area contributed by atoms with Gasteiger partial charge < -0.3 is 10.6 Å². The fourth-order valence-corrected chi connectivity index (χ4v) is 3.64. The lowest BCUT2D eigenvalue weighted by atomic mass is 10.1. The van der Waals surface area contributed by atoms with Crippen molar-refractivity contribution in [2.45, 2.75) is 13.0 Å². The molecule has 1 aliphatic heterocycles. The molecule has 4 rings (SSSR count). The summed E-state index contributed by atoms with van der Waals surface area (Å²) in [4.78, 5) is 12.6. The molecule has 3 aromatic rings. The maximum atomic E-state index is 5.86. The Morgan fingerprint density at radius 3 is 3.00 bits per heavy atom. The van der Waals surface area contributed by atoms with Crippen molar-refractivity contribution in [3.05, 3.63) is 46.2 Å². The molecule has 2 aromatic heterocycles. The summed E-state index contributed by atoms with van der Waals surface area (Å²) in [6.07, 6.45) is 1.07. The molecule has 3 heterocycles. The average molecular weight is 282 g/mol. The monoisotopic (exact) mass is 282 g/mol. The van der Waals surface area contributed by atoms with Crippen molar-refractivity contribution in [2.24, 2.45) is 0 Å². The van der Waals surface area contributed by atoms with E-state index in [1.165, 1.54) is 10.4 Å². The molecular formula is C15H14N4S. The number of nitrogens with zero attached hydrogens (tertiary/aromatic N) is 3. The molecule has 1 aromatic carbocycles.